The lowest BCUT2D eigenvalue weighted by Crippen LogP contribution is -2.44. The van der Waals surface area contributed by atoms with Gasteiger partial charge in [-0.1, -0.05) is 48.5 Å². The zero-order valence-electron chi connectivity index (χ0n) is 16.0. The number of amides is 2. The molecule has 2 aromatic carbocycles. The highest BCUT2D eigenvalue weighted by Crippen LogP contribution is 2.46. The van der Waals surface area contributed by atoms with E-state index in [-0.39, 0.29) is 17.9 Å². The summed E-state index contributed by atoms with van der Waals surface area (Å²) in [7, 11) is 0. The number of hydrogen-bond donors (Lipinski definition) is 3. The largest absolute Gasteiger partial charge is 0.361 e. The minimum atomic E-state index is -0.900. The standard InChI is InChI=1S/C23H25N3O2/c1-16(17-7-3-2-4-8-17)26-22(28)23(12-13-23)21(27)24-14-11-18-15-25-20-10-6-5-9-19(18)20/h2-10,15-16,25H,11-14H2,1H3,(H,24,27)(H,26,28). The maximum atomic E-state index is 12.7. The molecule has 3 N–H and O–H groups in total. The van der Waals surface area contributed by atoms with Gasteiger partial charge < -0.3 is 15.6 Å². The topological polar surface area (TPSA) is 74.0 Å². The maximum absolute atomic E-state index is 12.7. The second kappa shape index (κ2) is 7.50. The Hall–Kier alpha value is -3.08. The van der Waals surface area contributed by atoms with Gasteiger partial charge in [-0.25, -0.2) is 0 Å². The smallest absolute Gasteiger partial charge is 0.236 e. The molecule has 3 aromatic rings. The molecule has 0 radical (unpaired) electrons. The number of carbonyl (C=O) groups excluding carboxylic acids is 2. The van der Waals surface area contributed by atoms with Gasteiger partial charge in [0.05, 0.1) is 6.04 Å². The molecule has 0 bridgehead atoms. The van der Waals surface area contributed by atoms with Crippen molar-refractivity contribution in [3.63, 3.8) is 0 Å². The third kappa shape index (κ3) is 3.52. The summed E-state index contributed by atoms with van der Waals surface area (Å²) in [5.41, 5.74) is 2.40. The van der Waals surface area contributed by atoms with Gasteiger partial charge >= 0.3 is 0 Å². The van der Waals surface area contributed by atoms with Crippen molar-refractivity contribution >= 4 is 22.7 Å². The molecule has 1 atom stereocenters. The van der Waals surface area contributed by atoms with Gasteiger partial charge in [0.15, 0.2) is 0 Å². The van der Waals surface area contributed by atoms with Crippen molar-refractivity contribution in [3.8, 4) is 0 Å². The summed E-state index contributed by atoms with van der Waals surface area (Å²) in [5.74, 6) is -0.335. The minimum absolute atomic E-state index is 0.120. The van der Waals surface area contributed by atoms with Crippen molar-refractivity contribution in [2.45, 2.75) is 32.2 Å². The molecule has 1 saturated carbocycles. The quantitative estimate of drug-likeness (QED) is 0.553. The summed E-state index contributed by atoms with van der Waals surface area (Å²) in [6, 6.07) is 17.8. The predicted molar refractivity (Wildman–Crippen MR) is 110 cm³/mol. The van der Waals surface area contributed by atoms with E-state index in [0.29, 0.717) is 19.4 Å². The zero-order chi connectivity index (χ0) is 19.6. The van der Waals surface area contributed by atoms with Crippen LogP contribution >= 0.6 is 0 Å². The van der Waals surface area contributed by atoms with Crippen LogP contribution in [0.25, 0.3) is 10.9 Å². The second-order valence-electron chi connectivity index (χ2n) is 7.55. The van der Waals surface area contributed by atoms with Crippen molar-refractivity contribution in [1.29, 1.82) is 0 Å². The Morgan fingerprint density at radius 1 is 1.04 bits per heavy atom. The molecule has 5 heteroatoms. The van der Waals surface area contributed by atoms with Gasteiger partial charge in [0, 0.05) is 23.6 Å². The second-order valence-corrected chi connectivity index (χ2v) is 7.55. The summed E-state index contributed by atoms with van der Waals surface area (Å²) >= 11 is 0. The first kappa shape index (κ1) is 18.3. The molecule has 0 aliphatic heterocycles. The maximum Gasteiger partial charge on any atom is 0.236 e. The molecule has 1 fully saturated rings. The van der Waals surface area contributed by atoms with E-state index in [1.165, 1.54) is 10.9 Å². The number of rotatable bonds is 7. The normalized spacial score (nSPS) is 15.8. The molecule has 1 aliphatic rings. The van der Waals surface area contributed by atoms with E-state index in [4.69, 9.17) is 0 Å². The van der Waals surface area contributed by atoms with Gasteiger partial charge in [0.1, 0.15) is 5.41 Å². The molecule has 0 spiro atoms. The van der Waals surface area contributed by atoms with Gasteiger partial charge in [-0.2, -0.15) is 0 Å². The molecule has 5 nitrogen and oxygen atoms in total. The summed E-state index contributed by atoms with van der Waals surface area (Å²) in [4.78, 5) is 28.7. The molecule has 2 amide bonds. The number of H-pyrrole nitrogens is 1. The Kier molecular flexibility index (Phi) is 4.90. The number of nitrogens with one attached hydrogen (secondary N) is 3. The molecule has 1 aromatic heterocycles. The van der Waals surface area contributed by atoms with Crippen LogP contribution in [-0.2, 0) is 16.0 Å². The fourth-order valence-corrected chi connectivity index (χ4v) is 3.66. The number of para-hydroxylation sites is 1. The number of aromatic amines is 1. The lowest BCUT2D eigenvalue weighted by Gasteiger charge is -2.19. The van der Waals surface area contributed by atoms with E-state index < -0.39 is 5.41 Å². The van der Waals surface area contributed by atoms with Crippen LogP contribution in [0, 0.1) is 5.41 Å². The summed E-state index contributed by atoms with van der Waals surface area (Å²) in [5, 5.41) is 7.15. The average molecular weight is 375 g/mol. The molecule has 1 heterocycles. The monoisotopic (exact) mass is 375 g/mol. The first-order valence-corrected chi connectivity index (χ1v) is 9.79. The third-order valence-corrected chi connectivity index (χ3v) is 5.62. The van der Waals surface area contributed by atoms with Gasteiger partial charge in [-0.3, -0.25) is 9.59 Å². The molecule has 1 unspecified atom stereocenters. The molecular weight excluding hydrogens is 350 g/mol. The number of carbonyl (C=O) groups is 2. The summed E-state index contributed by atoms with van der Waals surface area (Å²) in [6.07, 6.45) is 3.93. The Bertz CT molecular complexity index is 989. The van der Waals surface area contributed by atoms with Gasteiger partial charge in [-0.05, 0) is 43.4 Å². The highest BCUT2D eigenvalue weighted by molar-refractivity contribution is 6.08. The highest BCUT2D eigenvalue weighted by atomic mass is 16.2. The van der Waals surface area contributed by atoms with Crippen LogP contribution in [-0.4, -0.2) is 23.3 Å². The van der Waals surface area contributed by atoms with Gasteiger partial charge in [-0.15, -0.1) is 0 Å². The van der Waals surface area contributed by atoms with E-state index in [9.17, 15) is 9.59 Å². The minimum Gasteiger partial charge on any atom is -0.361 e. The van der Waals surface area contributed by atoms with Crippen LogP contribution in [0.5, 0.6) is 0 Å². The average Bonchev–Trinajstić information content (AvgIpc) is 3.45. The Morgan fingerprint density at radius 3 is 2.50 bits per heavy atom. The van der Waals surface area contributed by atoms with E-state index in [2.05, 4.69) is 21.7 Å². The number of fused-ring (bicyclic) bond motifs is 1. The van der Waals surface area contributed by atoms with Crippen LogP contribution in [0.1, 0.15) is 36.9 Å². The van der Waals surface area contributed by atoms with Crippen LogP contribution < -0.4 is 10.6 Å². The number of benzene rings is 2. The van der Waals surface area contributed by atoms with Crippen molar-refractivity contribution < 1.29 is 9.59 Å². The van der Waals surface area contributed by atoms with E-state index in [1.807, 2.05) is 61.7 Å². The molecule has 0 saturated heterocycles. The number of aromatic nitrogens is 1. The van der Waals surface area contributed by atoms with Crippen molar-refractivity contribution in [3.05, 3.63) is 71.9 Å². The fourth-order valence-electron chi connectivity index (χ4n) is 3.66. The SMILES string of the molecule is CC(NC(=O)C1(C(=O)NCCc2c[nH]c3ccccc23)CC1)c1ccccc1. The van der Waals surface area contributed by atoms with E-state index in [1.54, 1.807) is 0 Å². The van der Waals surface area contributed by atoms with Crippen molar-refractivity contribution in [1.82, 2.24) is 15.6 Å². The summed E-state index contributed by atoms with van der Waals surface area (Å²) < 4.78 is 0. The van der Waals surface area contributed by atoms with Crippen LogP contribution in [0.15, 0.2) is 60.8 Å². The molecule has 4 rings (SSSR count). The molecule has 28 heavy (non-hydrogen) atoms. The van der Waals surface area contributed by atoms with Gasteiger partial charge in [0.2, 0.25) is 11.8 Å². The lowest BCUT2D eigenvalue weighted by molar-refractivity contribution is -0.137. The Morgan fingerprint density at radius 2 is 1.75 bits per heavy atom. The molecule has 144 valence electrons. The first-order chi connectivity index (χ1) is 13.6. The summed E-state index contributed by atoms with van der Waals surface area (Å²) in [6.45, 7) is 2.46. The van der Waals surface area contributed by atoms with Crippen molar-refractivity contribution in [2.24, 2.45) is 5.41 Å². The third-order valence-electron chi connectivity index (χ3n) is 5.62. The Labute approximate surface area is 164 Å². The van der Waals surface area contributed by atoms with Crippen LogP contribution in [0.2, 0.25) is 0 Å². The highest BCUT2D eigenvalue weighted by Gasteiger charge is 2.56. The van der Waals surface area contributed by atoms with Crippen LogP contribution in [0.3, 0.4) is 0 Å². The van der Waals surface area contributed by atoms with Gasteiger partial charge in [0.25, 0.3) is 0 Å². The Balaban J connectivity index is 1.33. The van der Waals surface area contributed by atoms with E-state index >= 15 is 0 Å². The predicted octanol–water partition coefficient (Wildman–Crippen LogP) is 3.48. The molecular formula is C23H25N3O2. The van der Waals surface area contributed by atoms with Crippen molar-refractivity contribution in [2.75, 3.05) is 6.54 Å². The lowest BCUT2D eigenvalue weighted by atomic mass is 10.0. The molecule has 1 aliphatic carbocycles. The van der Waals surface area contributed by atoms with Crippen LogP contribution in [0.4, 0.5) is 0 Å². The zero-order valence-corrected chi connectivity index (χ0v) is 16.0. The first-order valence-electron chi connectivity index (χ1n) is 9.79. The van der Waals surface area contributed by atoms with E-state index in [0.717, 1.165) is 17.5 Å². The number of hydrogen-bond acceptors (Lipinski definition) is 2. The fraction of sp³-hybridized carbons (Fsp3) is 0.304.